The van der Waals surface area contributed by atoms with Crippen molar-refractivity contribution in [3.05, 3.63) is 24.4 Å². The third-order valence-electron chi connectivity index (χ3n) is 1.80. The number of hydrogen-bond acceptors (Lipinski definition) is 2. The van der Waals surface area contributed by atoms with Crippen LogP contribution in [0.4, 0.5) is 14.6 Å². The summed E-state index contributed by atoms with van der Waals surface area (Å²) in [5.74, 6) is -4.77. The number of amides is 1. The Kier molecular flexibility index (Phi) is 2.88. The van der Waals surface area contributed by atoms with E-state index in [1.165, 1.54) is 10.7 Å². The molecule has 0 spiro atoms. The first kappa shape index (κ1) is 11.4. The first-order valence-corrected chi connectivity index (χ1v) is 4.20. The number of halogens is 2. The molecule has 1 aromatic heterocycles. The van der Waals surface area contributed by atoms with E-state index in [0.717, 1.165) is 0 Å². The molecular formula is C9H11F2N3O. The van der Waals surface area contributed by atoms with E-state index in [1.807, 2.05) is 0 Å². The number of nitrogens with one attached hydrogen (secondary N) is 1. The zero-order valence-electron chi connectivity index (χ0n) is 8.42. The van der Waals surface area contributed by atoms with E-state index in [9.17, 15) is 13.6 Å². The molecule has 0 aliphatic carbocycles. The number of aromatic nitrogens is 2. The molecule has 0 unspecified atom stereocenters. The van der Waals surface area contributed by atoms with Crippen molar-refractivity contribution < 1.29 is 13.6 Å². The Labute approximate surface area is 85.6 Å². The number of aryl methyl sites for hydroxylation is 2. The SMILES string of the molecule is C=CC(F)(F)C(=O)Nc1cc(C)nn1C. The van der Waals surface area contributed by atoms with E-state index in [-0.39, 0.29) is 5.82 Å². The van der Waals surface area contributed by atoms with Crippen LogP contribution in [0.15, 0.2) is 18.7 Å². The van der Waals surface area contributed by atoms with Crippen LogP contribution in [0.5, 0.6) is 0 Å². The molecule has 1 heterocycles. The Balaban J connectivity index is 2.83. The normalized spacial score (nSPS) is 11.2. The van der Waals surface area contributed by atoms with Crippen LogP contribution in [0, 0.1) is 6.92 Å². The molecule has 4 nitrogen and oxygen atoms in total. The van der Waals surface area contributed by atoms with E-state index in [0.29, 0.717) is 11.8 Å². The van der Waals surface area contributed by atoms with Crippen molar-refractivity contribution in [1.29, 1.82) is 0 Å². The lowest BCUT2D eigenvalue weighted by Gasteiger charge is -2.11. The summed E-state index contributed by atoms with van der Waals surface area (Å²) >= 11 is 0. The van der Waals surface area contributed by atoms with Gasteiger partial charge in [-0.1, -0.05) is 6.58 Å². The molecule has 0 aromatic carbocycles. The molecule has 0 aliphatic rings. The zero-order chi connectivity index (χ0) is 11.6. The molecule has 0 bridgehead atoms. The first-order chi connectivity index (χ1) is 6.86. The van der Waals surface area contributed by atoms with Crippen molar-refractivity contribution in [2.24, 2.45) is 7.05 Å². The van der Waals surface area contributed by atoms with Crippen LogP contribution in [0.2, 0.25) is 0 Å². The molecule has 1 rings (SSSR count). The van der Waals surface area contributed by atoms with Crippen molar-refractivity contribution in [1.82, 2.24) is 9.78 Å². The van der Waals surface area contributed by atoms with E-state index in [1.54, 1.807) is 14.0 Å². The second-order valence-electron chi connectivity index (χ2n) is 3.08. The summed E-state index contributed by atoms with van der Waals surface area (Å²) in [6.45, 7) is 4.59. The molecule has 0 atom stereocenters. The number of nitrogens with zero attached hydrogens (tertiary/aromatic N) is 2. The molecule has 6 heteroatoms. The van der Waals surface area contributed by atoms with Crippen molar-refractivity contribution in [2.75, 3.05) is 5.32 Å². The maximum Gasteiger partial charge on any atom is 0.343 e. The highest BCUT2D eigenvalue weighted by molar-refractivity contribution is 5.96. The number of rotatable bonds is 3. The Bertz CT molecular complexity index is 398. The molecule has 1 N–H and O–H groups in total. The smallest absolute Gasteiger partial charge is 0.305 e. The molecule has 0 aliphatic heterocycles. The zero-order valence-corrected chi connectivity index (χ0v) is 8.42. The average Bonchev–Trinajstić information content (AvgIpc) is 2.45. The summed E-state index contributed by atoms with van der Waals surface area (Å²) in [5.41, 5.74) is 0.634. The van der Waals surface area contributed by atoms with Crippen LogP contribution in [0.1, 0.15) is 5.69 Å². The summed E-state index contributed by atoms with van der Waals surface area (Å²) in [6, 6.07) is 1.50. The van der Waals surface area contributed by atoms with Gasteiger partial charge in [0.15, 0.2) is 0 Å². The Morgan fingerprint density at radius 3 is 2.73 bits per heavy atom. The number of carbonyl (C=O) groups is 1. The van der Waals surface area contributed by atoms with Crippen LogP contribution >= 0.6 is 0 Å². The summed E-state index contributed by atoms with van der Waals surface area (Å²) in [7, 11) is 1.55. The lowest BCUT2D eigenvalue weighted by Crippen LogP contribution is -2.32. The molecule has 82 valence electrons. The van der Waals surface area contributed by atoms with Gasteiger partial charge in [0.05, 0.1) is 5.69 Å². The van der Waals surface area contributed by atoms with Gasteiger partial charge in [0.1, 0.15) is 5.82 Å². The second kappa shape index (κ2) is 3.80. The van der Waals surface area contributed by atoms with Crippen molar-refractivity contribution in [3.63, 3.8) is 0 Å². The van der Waals surface area contributed by atoms with Gasteiger partial charge in [-0.05, 0) is 13.0 Å². The molecule has 0 radical (unpaired) electrons. The summed E-state index contributed by atoms with van der Waals surface area (Å²) in [4.78, 5) is 11.1. The number of alkyl halides is 2. The van der Waals surface area contributed by atoms with Gasteiger partial charge in [-0.3, -0.25) is 9.48 Å². The van der Waals surface area contributed by atoms with E-state index >= 15 is 0 Å². The largest absolute Gasteiger partial charge is 0.343 e. The Morgan fingerprint density at radius 1 is 1.73 bits per heavy atom. The highest BCUT2D eigenvalue weighted by Crippen LogP contribution is 2.18. The molecule has 1 amide bonds. The average molecular weight is 215 g/mol. The lowest BCUT2D eigenvalue weighted by molar-refractivity contribution is -0.133. The van der Waals surface area contributed by atoms with E-state index in [2.05, 4.69) is 17.0 Å². The number of carbonyl (C=O) groups excluding carboxylic acids is 1. The predicted octanol–water partition coefficient (Wildman–Crippen LogP) is 1.49. The van der Waals surface area contributed by atoms with Crippen LogP contribution in [-0.2, 0) is 11.8 Å². The number of hydrogen-bond donors (Lipinski definition) is 1. The van der Waals surface area contributed by atoms with Crippen molar-refractivity contribution >= 4 is 11.7 Å². The maximum absolute atomic E-state index is 12.8. The fraction of sp³-hybridized carbons (Fsp3) is 0.333. The molecule has 0 saturated carbocycles. The lowest BCUT2D eigenvalue weighted by atomic mass is 10.3. The third-order valence-corrected chi connectivity index (χ3v) is 1.80. The third kappa shape index (κ3) is 2.39. The summed E-state index contributed by atoms with van der Waals surface area (Å²) in [6.07, 6.45) is 0.297. The van der Waals surface area contributed by atoms with Crippen LogP contribution in [0.25, 0.3) is 0 Å². The summed E-state index contributed by atoms with van der Waals surface area (Å²) < 4.78 is 26.9. The standard InChI is InChI=1S/C9H11F2N3O/c1-4-9(10,11)8(15)12-7-5-6(2)13-14(7)3/h4-5H,1H2,2-3H3,(H,12,15). The monoisotopic (exact) mass is 215 g/mol. The maximum atomic E-state index is 12.8. The van der Waals surface area contributed by atoms with E-state index < -0.39 is 11.8 Å². The minimum absolute atomic E-state index is 0.221. The molecule has 0 fully saturated rings. The van der Waals surface area contributed by atoms with Crippen LogP contribution < -0.4 is 5.32 Å². The van der Waals surface area contributed by atoms with Gasteiger partial charge in [-0.15, -0.1) is 0 Å². The molecule has 1 aromatic rings. The van der Waals surface area contributed by atoms with Gasteiger partial charge in [0.25, 0.3) is 5.91 Å². The fourth-order valence-electron chi connectivity index (χ4n) is 1.02. The molecule has 0 saturated heterocycles. The van der Waals surface area contributed by atoms with Gasteiger partial charge in [0, 0.05) is 13.1 Å². The number of anilines is 1. The van der Waals surface area contributed by atoms with Crippen molar-refractivity contribution in [3.8, 4) is 0 Å². The van der Waals surface area contributed by atoms with E-state index in [4.69, 9.17) is 0 Å². The van der Waals surface area contributed by atoms with Gasteiger partial charge in [-0.25, -0.2) is 0 Å². The minimum Gasteiger partial charge on any atom is -0.305 e. The van der Waals surface area contributed by atoms with Gasteiger partial charge in [0.2, 0.25) is 0 Å². The van der Waals surface area contributed by atoms with Gasteiger partial charge >= 0.3 is 5.92 Å². The molecular weight excluding hydrogens is 204 g/mol. The Hall–Kier alpha value is -1.72. The predicted molar refractivity (Wildman–Crippen MR) is 51.7 cm³/mol. The fourth-order valence-corrected chi connectivity index (χ4v) is 1.02. The first-order valence-electron chi connectivity index (χ1n) is 4.20. The topological polar surface area (TPSA) is 46.9 Å². The van der Waals surface area contributed by atoms with Crippen LogP contribution in [0.3, 0.4) is 0 Å². The summed E-state index contributed by atoms with van der Waals surface area (Å²) in [5, 5.41) is 5.97. The van der Waals surface area contributed by atoms with Gasteiger partial charge < -0.3 is 5.32 Å². The highest BCUT2D eigenvalue weighted by atomic mass is 19.3. The van der Waals surface area contributed by atoms with Crippen LogP contribution in [-0.4, -0.2) is 21.6 Å². The minimum atomic E-state index is -3.57. The van der Waals surface area contributed by atoms with Crippen molar-refractivity contribution in [2.45, 2.75) is 12.8 Å². The highest BCUT2D eigenvalue weighted by Gasteiger charge is 2.35. The second-order valence-corrected chi connectivity index (χ2v) is 3.08. The Morgan fingerprint density at radius 2 is 2.33 bits per heavy atom. The van der Waals surface area contributed by atoms with Gasteiger partial charge in [-0.2, -0.15) is 13.9 Å². The molecule has 15 heavy (non-hydrogen) atoms. The quantitative estimate of drug-likeness (QED) is 0.776.